The number of carbonyl (C=O) groups is 1. The quantitative estimate of drug-likeness (QED) is 0.705. The van der Waals surface area contributed by atoms with Gasteiger partial charge in [0, 0.05) is 22.1 Å². The van der Waals surface area contributed by atoms with Crippen LogP contribution in [-0.2, 0) is 11.2 Å². The minimum Gasteiger partial charge on any atom is -0.353 e. The van der Waals surface area contributed by atoms with Crippen molar-refractivity contribution < 1.29 is 4.79 Å². The minimum atomic E-state index is -0.0452. The molecule has 1 atom stereocenters. The monoisotopic (exact) mass is 373 g/mol. The van der Waals surface area contributed by atoms with E-state index in [0.717, 1.165) is 17.0 Å². The van der Waals surface area contributed by atoms with E-state index in [0.29, 0.717) is 11.6 Å². The second kappa shape index (κ2) is 7.85. The fraction of sp³-hybridized carbons (Fsp3) is 0.263. The van der Waals surface area contributed by atoms with Crippen LogP contribution in [0.5, 0.6) is 0 Å². The van der Waals surface area contributed by atoms with Crippen molar-refractivity contribution in [1.29, 1.82) is 0 Å². The van der Waals surface area contributed by atoms with Gasteiger partial charge in [-0.1, -0.05) is 35.9 Å². The van der Waals surface area contributed by atoms with Crippen LogP contribution < -0.4 is 5.32 Å². The van der Waals surface area contributed by atoms with E-state index in [9.17, 15) is 4.79 Å². The molecule has 3 rings (SSSR count). The maximum atomic E-state index is 12.4. The molecular weight excluding hydrogens is 354 g/mol. The fourth-order valence-electron chi connectivity index (χ4n) is 2.84. The molecule has 1 N–H and O–H groups in total. The van der Waals surface area contributed by atoms with Crippen molar-refractivity contribution >= 4 is 28.8 Å². The van der Waals surface area contributed by atoms with Gasteiger partial charge in [0.25, 0.3) is 0 Å². The van der Waals surface area contributed by atoms with Crippen LogP contribution in [0.4, 0.5) is 0 Å². The molecule has 1 aromatic carbocycles. The number of nitrogens with zero attached hydrogens (tertiary/aromatic N) is 2. The van der Waals surface area contributed by atoms with Crippen molar-refractivity contribution in [3.8, 4) is 0 Å². The number of rotatable bonds is 6. The second-order valence-corrected chi connectivity index (χ2v) is 7.36. The molecule has 4 nitrogen and oxygen atoms in total. The van der Waals surface area contributed by atoms with E-state index in [1.807, 2.05) is 54.2 Å². The Hall–Kier alpha value is -2.11. The zero-order valence-corrected chi connectivity index (χ0v) is 15.8. The van der Waals surface area contributed by atoms with Crippen LogP contribution in [-0.4, -0.2) is 22.2 Å². The van der Waals surface area contributed by atoms with Gasteiger partial charge < -0.3 is 5.32 Å². The smallest absolute Gasteiger partial charge is 0.224 e. The van der Waals surface area contributed by atoms with Gasteiger partial charge in [0.1, 0.15) is 6.04 Å². The van der Waals surface area contributed by atoms with Gasteiger partial charge in [0.05, 0.1) is 12.1 Å². The summed E-state index contributed by atoms with van der Waals surface area (Å²) in [5.41, 5.74) is 2.89. The first-order chi connectivity index (χ1) is 12.0. The molecule has 6 heteroatoms. The molecule has 0 saturated carbocycles. The summed E-state index contributed by atoms with van der Waals surface area (Å²) in [6.45, 7) is 4.50. The molecule has 0 bridgehead atoms. The van der Waals surface area contributed by atoms with Crippen LogP contribution in [0.1, 0.15) is 27.9 Å². The lowest BCUT2D eigenvalue weighted by molar-refractivity contribution is -0.120. The predicted octanol–water partition coefficient (Wildman–Crippen LogP) is 4.16. The molecule has 130 valence electrons. The van der Waals surface area contributed by atoms with Crippen molar-refractivity contribution in [2.75, 3.05) is 6.54 Å². The molecule has 25 heavy (non-hydrogen) atoms. The molecule has 0 aliphatic heterocycles. The summed E-state index contributed by atoms with van der Waals surface area (Å²) in [5, 5.41) is 10.3. The number of hydrogen-bond donors (Lipinski definition) is 1. The van der Waals surface area contributed by atoms with Crippen LogP contribution in [0.3, 0.4) is 0 Å². The van der Waals surface area contributed by atoms with Gasteiger partial charge in [-0.05, 0) is 43.0 Å². The number of aromatic nitrogens is 2. The minimum absolute atomic E-state index is 0.0103. The molecule has 0 aliphatic rings. The predicted molar refractivity (Wildman–Crippen MR) is 102 cm³/mol. The van der Waals surface area contributed by atoms with E-state index in [-0.39, 0.29) is 18.4 Å². The number of nitrogens with one attached hydrogen (secondary N) is 1. The Bertz CT molecular complexity index is 857. The van der Waals surface area contributed by atoms with Gasteiger partial charge >= 0.3 is 0 Å². The van der Waals surface area contributed by atoms with E-state index in [4.69, 9.17) is 11.6 Å². The lowest BCUT2D eigenvalue weighted by atomic mass is 10.1. The molecule has 1 unspecified atom stereocenters. The Labute approximate surface area is 156 Å². The summed E-state index contributed by atoms with van der Waals surface area (Å²) < 4.78 is 1.98. The number of hydrogen-bond acceptors (Lipinski definition) is 3. The highest BCUT2D eigenvalue weighted by Crippen LogP contribution is 2.24. The van der Waals surface area contributed by atoms with Gasteiger partial charge in [-0.2, -0.15) is 5.10 Å². The number of amides is 1. The van der Waals surface area contributed by atoms with E-state index >= 15 is 0 Å². The third-order valence-electron chi connectivity index (χ3n) is 4.01. The molecule has 3 aromatic rings. The summed E-state index contributed by atoms with van der Waals surface area (Å²) in [7, 11) is 0. The standard InChI is InChI=1S/C19H20ClN3OS/c1-13-10-14(2)23(22-13)17(18-8-5-9-25-18)12-21-19(24)11-15-6-3-4-7-16(15)20/h3-10,17H,11-12H2,1-2H3,(H,21,24). The molecule has 0 radical (unpaired) electrons. The Balaban J connectivity index is 1.72. The molecule has 1 amide bonds. The SMILES string of the molecule is Cc1cc(C)n(C(CNC(=O)Cc2ccccc2Cl)c2cccs2)n1. The first-order valence-corrected chi connectivity index (χ1v) is 9.36. The Morgan fingerprint density at radius 3 is 2.72 bits per heavy atom. The van der Waals surface area contributed by atoms with Crippen LogP contribution in [0.15, 0.2) is 47.8 Å². The Morgan fingerprint density at radius 1 is 1.28 bits per heavy atom. The van der Waals surface area contributed by atoms with E-state index in [1.165, 1.54) is 4.88 Å². The summed E-state index contributed by atoms with van der Waals surface area (Å²) >= 11 is 7.81. The highest BCUT2D eigenvalue weighted by atomic mass is 35.5. The summed E-state index contributed by atoms with van der Waals surface area (Å²) in [6.07, 6.45) is 0.272. The first-order valence-electron chi connectivity index (χ1n) is 8.11. The van der Waals surface area contributed by atoms with Crippen LogP contribution in [0, 0.1) is 13.8 Å². The zero-order valence-electron chi connectivity index (χ0n) is 14.2. The van der Waals surface area contributed by atoms with Gasteiger partial charge in [-0.3, -0.25) is 9.48 Å². The normalized spacial score (nSPS) is 12.1. The van der Waals surface area contributed by atoms with E-state index in [1.54, 1.807) is 17.4 Å². The maximum Gasteiger partial charge on any atom is 0.224 e. The highest BCUT2D eigenvalue weighted by Gasteiger charge is 2.19. The number of halogens is 1. The molecule has 0 aliphatic carbocycles. The largest absolute Gasteiger partial charge is 0.353 e. The third kappa shape index (κ3) is 4.30. The van der Waals surface area contributed by atoms with Crippen LogP contribution >= 0.6 is 22.9 Å². The molecular formula is C19H20ClN3OS. The zero-order chi connectivity index (χ0) is 17.8. The first kappa shape index (κ1) is 17.7. The van der Waals surface area contributed by atoms with Crippen LogP contribution in [0.2, 0.25) is 5.02 Å². The summed E-state index contributed by atoms with van der Waals surface area (Å²) in [4.78, 5) is 13.5. The van der Waals surface area contributed by atoms with E-state index < -0.39 is 0 Å². The van der Waals surface area contributed by atoms with Crippen molar-refractivity contribution in [3.05, 3.63) is 74.7 Å². The number of carbonyl (C=O) groups excluding carboxylic acids is 1. The number of thiophene rings is 1. The van der Waals surface area contributed by atoms with Crippen molar-refractivity contribution in [2.24, 2.45) is 0 Å². The molecule has 0 fully saturated rings. The van der Waals surface area contributed by atoms with E-state index in [2.05, 4.69) is 16.5 Å². The van der Waals surface area contributed by atoms with Crippen molar-refractivity contribution in [1.82, 2.24) is 15.1 Å². The van der Waals surface area contributed by atoms with Gasteiger partial charge in [-0.15, -0.1) is 11.3 Å². The molecule has 2 aromatic heterocycles. The average molecular weight is 374 g/mol. The van der Waals surface area contributed by atoms with Gasteiger partial charge in [-0.25, -0.2) is 0 Å². The lowest BCUT2D eigenvalue weighted by Crippen LogP contribution is -2.32. The fourth-order valence-corrected chi connectivity index (χ4v) is 3.85. The summed E-state index contributed by atoms with van der Waals surface area (Å²) in [6, 6.07) is 13.6. The summed E-state index contributed by atoms with van der Waals surface area (Å²) in [5.74, 6) is -0.0452. The van der Waals surface area contributed by atoms with Gasteiger partial charge in [0.15, 0.2) is 0 Å². The van der Waals surface area contributed by atoms with Crippen molar-refractivity contribution in [3.63, 3.8) is 0 Å². The Morgan fingerprint density at radius 2 is 2.08 bits per heavy atom. The van der Waals surface area contributed by atoms with Gasteiger partial charge in [0.2, 0.25) is 5.91 Å². The number of aryl methyl sites for hydroxylation is 2. The Kier molecular flexibility index (Phi) is 5.56. The number of benzene rings is 1. The second-order valence-electron chi connectivity index (χ2n) is 5.98. The van der Waals surface area contributed by atoms with Crippen molar-refractivity contribution in [2.45, 2.75) is 26.3 Å². The lowest BCUT2D eigenvalue weighted by Gasteiger charge is -2.19. The average Bonchev–Trinajstić information content (AvgIpc) is 3.20. The molecule has 0 saturated heterocycles. The third-order valence-corrected chi connectivity index (χ3v) is 5.36. The molecule has 2 heterocycles. The highest BCUT2D eigenvalue weighted by molar-refractivity contribution is 7.10. The topological polar surface area (TPSA) is 46.9 Å². The van der Waals surface area contributed by atoms with Crippen LogP contribution in [0.25, 0.3) is 0 Å². The maximum absolute atomic E-state index is 12.4. The molecule has 0 spiro atoms.